The lowest BCUT2D eigenvalue weighted by Gasteiger charge is -2.19. The minimum Gasteiger partial charge on any atom is -0.468 e. The van der Waals surface area contributed by atoms with Crippen molar-refractivity contribution in [2.75, 3.05) is 0 Å². The monoisotopic (exact) mass is 307 g/mol. The topological polar surface area (TPSA) is 29.5 Å². The van der Waals surface area contributed by atoms with E-state index in [4.69, 9.17) is 20.4 Å². The van der Waals surface area contributed by atoms with E-state index >= 15 is 0 Å². The highest BCUT2D eigenvalue weighted by atomic mass is 35.5. The van der Waals surface area contributed by atoms with Gasteiger partial charge in [0.25, 0.3) is 0 Å². The van der Waals surface area contributed by atoms with E-state index in [1.54, 1.807) is 23.9 Å². The fourth-order valence-electron chi connectivity index (χ4n) is 2.07. The smallest absolute Gasteiger partial charge is 0.117 e. The molecule has 0 fully saturated rings. The first kappa shape index (κ1) is 13.5. The van der Waals surface area contributed by atoms with Gasteiger partial charge in [-0.25, -0.2) is 0 Å². The minimum absolute atomic E-state index is 0.739. The number of furan rings is 2. The molecule has 0 radical (unpaired) electrons. The molecule has 0 aliphatic carbocycles. The summed E-state index contributed by atoms with van der Waals surface area (Å²) in [6.07, 6.45) is 3.39. The Balaban J connectivity index is 1.72. The maximum atomic E-state index is 5.99. The average Bonchev–Trinajstić information content (AvgIpc) is 3.13. The van der Waals surface area contributed by atoms with Crippen molar-refractivity contribution in [2.24, 2.45) is 0 Å². The summed E-state index contributed by atoms with van der Waals surface area (Å²) in [7, 11) is 0. The largest absolute Gasteiger partial charge is 0.468 e. The van der Waals surface area contributed by atoms with Crippen LogP contribution in [0.4, 0.5) is 0 Å². The van der Waals surface area contributed by atoms with E-state index in [0.29, 0.717) is 0 Å². The Morgan fingerprint density at radius 2 is 1.55 bits per heavy atom. The highest BCUT2D eigenvalue weighted by Crippen LogP contribution is 2.24. The van der Waals surface area contributed by atoms with Gasteiger partial charge in [0.1, 0.15) is 11.5 Å². The third-order valence-electron chi connectivity index (χ3n) is 2.93. The van der Waals surface area contributed by atoms with E-state index < -0.39 is 0 Å². The number of rotatable bonds is 6. The van der Waals surface area contributed by atoms with Crippen LogP contribution in [0.15, 0.2) is 57.8 Å². The van der Waals surface area contributed by atoms with Gasteiger partial charge in [0, 0.05) is 11.4 Å². The second-order valence-corrected chi connectivity index (χ2v) is 6.31. The van der Waals surface area contributed by atoms with E-state index in [9.17, 15) is 0 Å². The number of nitrogens with zero attached hydrogens (tertiary/aromatic N) is 1. The van der Waals surface area contributed by atoms with Crippen molar-refractivity contribution in [1.82, 2.24) is 4.90 Å². The molecule has 0 N–H and O–H groups in total. The van der Waals surface area contributed by atoms with E-state index in [1.807, 2.05) is 30.3 Å². The SMILES string of the molecule is Clc1ccc(CN(Cc2ccco2)Cc2ccco2)s1. The predicted octanol–water partition coefficient (Wildman–Crippen LogP) is 4.79. The summed E-state index contributed by atoms with van der Waals surface area (Å²) in [4.78, 5) is 3.49. The van der Waals surface area contributed by atoms with Crippen LogP contribution >= 0.6 is 22.9 Å². The van der Waals surface area contributed by atoms with Gasteiger partial charge in [-0.3, -0.25) is 4.90 Å². The molecule has 0 aliphatic heterocycles. The Kier molecular flexibility index (Phi) is 4.25. The van der Waals surface area contributed by atoms with Gasteiger partial charge in [0.15, 0.2) is 0 Å². The first-order valence-corrected chi connectivity index (χ1v) is 7.50. The van der Waals surface area contributed by atoms with Crippen LogP contribution in [0.3, 0.4) is 0 Å². The second kappa shape index (κ2) is 6.31. The van der Waals surface area contributed by atoms with Gasteiger partial charge < -0.3 is 8.83 Å². The molecule has 3 aromatic rings. The first-order valence-electron chi connectivity index (χ1n) is 6.31. The molecule has 104 valence electrons. The zero-order valence-corrected chi connectivity index (χ0v) is 12.4. The van der Waals surface area contributed by atoms with Gasteiger partial charge in [-0.05, 0) is 36.4 Å². The quantitative estimate of drug-likeness (QED) is 0.655. The molecule has 0 bridgehead atoms. The molecule has 0 atom stereocenters. The molecule has 0 aromatic carbocycles. The van der Waals surface area contributed by atoms with Crippen molar-refractivity contribution < 1.29 is 8.83 Å². The van der Waals surface area contributed by atoms with Crippen molar-refractivity contribution in [2.45, 2.75) is 19.6 Å². The van der Waals surface area contributed by atoms with Gasteiger partial charge >= 0.3 is 0 Å². The maximum absolute atomic E-state index is 5.99. The molecule has 0 unspecified atom stereocenters. The Morgan fingerprint density at radius 3 is 2.00 bits per heavy atom. The average molecular weight is 308 g/mol. The molecule has 0 aliphatic rings. The minimum atomic E-state index is 0.739. The van der Waals surface area contributed by atoms with Gasteiger partial charge in [0.05, 0.1) is 30.0 Å². The lowest BCUT2D eigenvalue weighted by atomic mass is 10.3. The Bertz CT molecular complexity index is 594. The summed E-state index contributed by atoms with van der Waals surface area (Å²) >= 11 is 7.60. The van der Waals surface area contributed by atoms with Gasteiger partial charge in [-0.1, -0.05) is 11.6 Å². The standard InChI is InChI=1S/C15H14ClNO2S/c16-15-6-5-14(20-15)11-17(9-12-3-1-7-18-12)10-13-4-2-8-19-13/h1-8H,9-11H2. The molecular formula is C15H14ClNO2S. The fraction of sp³-hybridized carbons (Fsp3) is 0.200. The molecule has 3 aromatic heterocycles. The van der Waals surface area contributed by atoms with Gasteiger partial charge in [-0.15, -0.1) is 11.3 Å². The predicted molar refractivity (Wildman–Crippen MR) is 79.7 cm³/mol. The normalized spacial score (nSPS) is 11.3. The van der Waals surface area contributed by atoms with E-state index in [0.717, 1.165) is 35.5 Å². The van der Waals surface area contributed by atoms with E-state index in [2.05, 4.69) is 11.0 Å². The lowest BCUT2D eigenvalue weighted by Crippen LogP contribution is -2.21. The summed E-state index contributed by atoms with van der Waals surface area (Å²) < 4.78 is 11.7. The van der Waals surface area contributed by atoms with Crippen molar-refractivity contribution in [3.05, 3.63) is 69.7 Å². The third kappa shape index (κ3) is 3.54. The molecular weight excluding hydrogens is 294 g/mol. The number of hydrogen-bond donors (Lipinski definition) is 0. The summed E-state index contributed by atoms with van der Waals surface area (Å²) in [5, 5.41) is 0. The number of hydrogen-bond acceptors (Lipinski definition) is 4. The van der Waals surface area contributed by atoms with E-state index in [1.165, 1.54) is 4.88 Å². The Hall–Kier alpha value is -1.49. The van der Waals surface area contributed by atoms with Gasteiger partial charge in [0.2, 0.25) is 0 Å². The maximum Gasteiger partial charge on any atom is 0.117 e. The highest BCUT2D eigenvalue weighted by Gasteiger charge is 2.12. The summed E-state index contributed by atoms with van der Waals surface area (Å²) in [6.45, 7) is 2.30. The van der Waals surface area contributed by atoms with Crippen molar-refractivity contribution >= 4 is 22.9 Å². The van der Waals surface area contributed by atoms with Crippen molar-refractivity contribution in [3.8, 4) is 0 Å². The van der Waals surface area contributed by atoms with Crippen LogP contribution in [0.2, 0.25) is 4.34 Å². The van der Waals surface area contributed by atoms with E-state index in [-0.39, 0.29) is 0 Å². The molecule has 0 spiro atoms. The molecule has 3 nitrogen and oxygen atoms in total. The van der Waals surface area contributed by atoms with Crippen LogP contribution in [0.5, 0.6) is 0 Å². The lowest BCUT2D eigenvalue weighted by molar-refractivity contribution is 0.211. The zero-order chi connectivity index (χ0) is 13.8. The highest BCUT2D eigenvalue weighted by molar-refractivity contribution is 7.16. The Morgan fingerprint density at radius 1 is 0.900 bits per heavy atom. The first-order chi connectivity index (χ1) is 9.79. The van der Waals surface area contributed by atoms with Crippen molar-refractivity contribution in [3.63, 3.8) is 0 Å². The van der Waals surface area contributed by atoms with Crippen LogP contribution in [-0.2, 0) is 19.6 Å². The second-order valence-electron chi connectivity index (χ2n) is 4.51. The summed E-state index contributed by atoms with van der Waals surface area (Å²) in [5.41, 5.74) is 0. The molecule has 0 saturated carbocycles. The zero-order valence-electron chi connectivity index (χ0n) is 10.8. The van der Waals surface area contributed by atoms with Crippen LogP contribution in [0.25, 0.3) is 0 Å². The third-order valence-corrected chi connectivity index (χ3v) is 4.14. The van der Waals surface area contributed by atoms with Crippen LogP contribution in [0, 0.1) is 0 Å². The van der Waals surface area contributed by atoms with Crippen molar-refractivity contribution in [1.29, 1.82) is 0 Å². The fourth-order valence-corrected chi connectivity index (χ4v) is 3.20. The van der Waals surface area contributed by atoms with Crippen LogP contribution in [0.1, 0.15) is 16.4 Å². The molecule has 3 heterocycles. The molecule has 0 amide bonds. The van der Waals surface area contributed by atoms with Crippen LogP contribution in [-0.4, -0.2) is 4.90 Å². The summed E-state index contributed by atoms with van der Waals surface area (Å²) in [6, 6.07) is 11.8. The van der Waals surface area contributed by atoms with Gasteiger partial charge in [-0.2, -0.15) is 0 Å². The summed E-state index contributed by atoms with van der Waals surface area (Å²) in [5.74, 6) is 1.89. The molecule has 20 heavy (non-hydrogen) atoms. The molecule has 3 rings (SSSR count). The Labute approximate surface area is 126 Å². The van der Waals surface area contributed by atoms with Crippen LogP contribution < -0.4 is 0 Å². The molecule has 5 heteroatoms. The molecule has 0 saturated heterocycles. The number of halogens is 1. The number of thiophene rings is 1.